The van der Waals surface area contributed by atoms with Gasteiger partial charge in [0.25, 0.3) is 0 Å². The maximum atomic E-state index is 11.0. The third kappa shape index (κ3) is 4.22. The number of aromatic nitrogens is 2. The molecule has 0 saturated carbocycles. The summed E-state index contributed by atoms with van der Waals surface area (Å²) in [7, 11) is 0. The molecule has 0 aliphatic carbocycles. The standard InChI is InChI=1S/C27H27N3O2/c1-20-24(19-30-17-14-27(31,15-18-30)25-9-5-6-16-28-25)29-26(32-20)23-12-10-22(11-13-23)21-7-3-2-4-8-21/h2-13,16,31H,14-15,17-19H2,1H3. The lowest BCUT2D eigenvalue weighted by atomic mass is 9.87. The van der Waals surface area contributed by atoms with Gasteiger partial charge in [-0.15, -0.1) is 0 Å². The number of hydrogen-bond donors (Lipinski definition) is 1. The molecule has 32 heavy (non-hydrogen) atoms. The molecule has 5 nitrogen and oxygen atoms in total. The Kier molecular flexibility index (Phi) is 5.60. The highest BCUT2D eigenvalue weighted by molar-refractivity contribution is 5.67. The van der Waals surface area contributed by atoms with Crippen LogP contribution in [0.2, 0.25) is 0 Å². The fraction of sp³-hybridized carbons (Fsp3) is 0.259. The lowest BCUT2D eigenvalue weighted by Gasteiger charge is -2.37. The summed E-state index contributed by atoms with van der Waals surface area (Å²) in [6.07, 6.45) is 3.07. The zero-order chi connectivity index (χ0) is 22.0. The van der Waals surface area contributed by atoms with E-state index in [9.17, 15) is 5.11 Å². The fourth-order valence-corrected chi connectivity index (χ4v) is 4.32. The topological polar surface area (TPSA) is 62.4 Å². The minimum absolute atomic E-state index is 0.652. The Labute approximate surface area is 188 Å². The summed E-state index contributed by atoms with van der Waals surface area (Å²) in [6, 6.07) is 24.4. The van der Waals surface area contributed by atoms with Gasteiger partial charge in [0.2, 0.25) is 5.89 Å². The Balaban J connectivity index is 1.26. The third-order valence-corrected chi connectivity index (χ3v) is 6.33. The molecule has 0 unspecified atom stereocenters. The minimum atomic E-state index is -0.845. The summed E-state index contributed by atoms with van der Waals surface area (Å²) in [5.41, 5.74) is 4.21. The van der Waals surface area contributed by atoms with Crippen LogP contribution in [0.1, 0.15) is 30.0 Å². The van der Waals surface area contributed by atoms with Gasteiger partial charge in [0.05, 0.1) is 11.4 Å². The van der Waals surface area contributed by atoms with Gasteiger partial charge in [0.15, 0.2) is 0 Å². The first kappa shape index (κ1) is 20.6. The molecule has 3 heterocycles. The van der Waals surface area contributed by atoms with Crippen molar-refractivity contribution in [1.82, 2.24) is 14.9 Å². The van der Waals surface area contributed by atoms with E-state index < -0.39 is 5.60 Å². The van der Waals surface area contributed by atoms with Crippen LogP contribution < -0.4 is 0 Å². The van der Waals surface area contributed by atoms with Crippen LogP contribution in [0.3, 0.4) is 0 Å². The molecule has 0 amide bonds. The average Bonchev–Trinajstić information content (AvgIpc) is 3.22. The van der Waals surface area contributed by atoms with Crippen molar-refractivity contribution < 1.29 is 9.52 Å². The second-order valence-electron chi connectivity index (χ2n) is 8.49. The molecule has 162 valence electrons. The number of aryl methyl sites for hydroxylation is 1. The number of hydrogen-bond acceptors (Lipinski definition) is 5. The fourth-order valence-electron chi connectivity index (χ4n) is 4.32. The first-order chi connectivity index (χ1) is 15.6. The molecule has 0 spiro atoms. The SMILES string of the molecule is Cc1oc(-c2ccc(-c3ccccc3)cc2)nc1CN1CCC(O)(c2ccccn2)CC1. The predicted molar refractivity (Wildman–Crippen MR) is 125 cm³/mol. The van der Waals surface area contributed by atoms with Crippen LogP contribution in [-0.2, 0) is 12.1 Å². The molecule has 1 aliphatic heterocycles. The number of likely N-dealkylation sites (tertiary alicyclic amines) is 1. The monoisotopic (exact) mass is 425 g/mol. The van der Waals surface area contributed by atoms with Gasteiger partial charge in [-0.2, -0.15) is 0 Å². The Bertz CT molecular complexity index is 1160. The number of benzene rings is 2. The van der Waals surface area contributed by atoms with Gasteiger partial charge in [-0.3, -0.25) is 9.88 Å². The zero-order valence-electron chi connectivity index (χ0n) is 18.2. The van der Waals surface area contributed by atoms with Crippen LogP contribution >= 0.6 is 0 Å². The first-order valence-corrected chi connectivity index (χ1v) is 11.1. The van der Waals surface area contributed by atoms with Crippen LogP contribution in [-0.4, -0.2) is 33.1 Å². The minimum Gasteiger partial charge on any atom is -0.441 e. The summed E-state index contributed by atoms with van der Waals surface area (Å²) < 4.78 is 6.00. The molecule has 2 aromatic heterocycles. The number of nitrogens with zero attached hydrogens (tertiary/aromatic N) is 3. The highest BCUT2D eigenvalue weighted by Gasteiger charge is 2.35. The number of pyridine rings is 1. The average molecular weight is 426 g/mol. The van der Waals surface area contributed by atoms with Crippen LogP contribution in [0.4, 0.5) is 0 Å². The summed E-state index contributed by atoms with van der Waals surface area (Å²) >= 11 is 0. The molecule has 0 atom stereocenters. The van der Waals surface area contributed by atoms with E-state index in [1.165, 1.54) is 11.1 Å². The second-order valence-corrected chi connectivity index (χ2v) is 8.49. The summed E-state index contributed by atoms with van der Waals surface area (Å²) in [5, 5.41) is 11.0. The van der Waals surface area contributed by atoms with Crippen LogP contribution in [0.25, 0.3) is 22.6 Å². The normalized spacial score (nSPS) is 16.2. The smallest absolute Gasteiger partial charge is 0.226 e. The van der Waals surface area contributed by atoms with Crippen molar-refractivity contribution in [1.29, 1.82) is 0 Å². The highest BCUT2D eigenvalue weighted by atomic mass is 16.4. The second kappa shape index (κ2) is 8.69. The Morgan fingerprint density at radius 1 is 0.875 bits per heavy atom. The van der Waals surface area contributed by atoms with E-state index in [1.54, 1.807) is 6.20 Å². The molecule has 0 bridgehead atoms. The molecular weight excluding hydrogens is 398 g/mol. The van der Waals surface area contributed by atoms with E-state index in [2.05, 4.69) is 46.3 Å². The molecule has 1 N–H and O–H groups in total. The summed E-state index contributed by atoms with van der Waals surface area (Å²) in [4.78, 5) is 11.5. The van der Waals surface area contributed by atoms with Crippen molar-refractivity contribution in [2.75, 3.05) is 13.1 Å². The van der Waals surface area contributed by atoms with E-state index >= 15 is 0 Å². The van der Waals surface area contributed by atoms with Gasteiger partial charge in [-0.05, 0) is 55.2 Å². The Morgan fingerprint density at radius 3 is 2.22 bits per heavy atom. The van der Waals surface area contributed by atoms with Crippen LogP contribution in [0, 0.1) is 6.92 Å². The van der Waals surface area contributed by atoms with E-state index in [4.69, 9.17) is 9.40 Å². The van der Waals surface area contributed by atoms with Crippen molar-refractivity contribution in [3.63, 3.8) is 0 Å². The van der Waals surface area contributed by atoms with Crippen LogP contribution in [0.5, 0.6) is 0 Å². The Hall–Kier alpha value is -3.28. The quantitative estimate of drug-likeness (QED) is 0.476. The maximum Gasteiger partial charge on any atom is 0.226 e. The third-order valence-electron chi connectivity index (χ3n) is 6.33. The van der Waals surface area contributed by atoms with Gasteiger partial charge < -0.3 is 9.52 Å². The van der Waals surface area contributed by atoms with Crippen molar-refractivity contribution in [3.8, 4) is 22.6 Å². The maximum absolute atomic E-state index is 11.0. The van der Waals surface area contributed by atoms with E-state index in [-0.39, 0.29) is 0 Å². The van der Waals surface area contributed by atoms with Crippen molar-refractivity contribution in [3.05, 3.63) is 96.1 Å². The molecule has 1 fully saturated rings. The molecular formula is C27H27N3O2. The van der Waals surface area contributed by atoms with Gasteiger partial charge in [0.1, 0.15) is 11.4 Å². The van der Waals surface area contributed by atoms with E-state index in [0.717, 1.165) is 42.3 Å². The van der Waals surface area contributed by atoms with Crippen molar-refractivity contribution >= 4 is 0 Å². The molecule has 4 aromatic rings. The zero-order valence-corrected chi connectivity index (χ0v) is 18.2. The lowest BCUT2D eigenvalue weighted by Crippen LogP contribution is -2.42. The predicted octanol–water partition coefficient (Wildman–Crippen LogP) is 5.20. The Morgan fingerprint density at radius 2 is 1.53 bits per heavy atom. The van der Waals surface area contributed by atoms with Crippen molar-refractivity contribution in [2.24, 2.45) is 0 Å². The van der Waals surface area contributed by atoms with E-state index in [1.807, 2.05) is 43.3 Å². The molecule has 5 rings (SSSR count). The molecule has 0 radical (unpaired) electrons. The molecule has 1 saturated heterocycles. The van der Waals surface area contributed by atoms with Gasteiger partial charge in [-0.1, -0.05) is 48.5 Å². The molecule has 2 aromatic carbocycles. The van der Waals surface area contributed by atoms with Gasteiger partial charge in [0, 0.05) is 31.4 Å². The number of piperidine rings is 1. The van der Waals surface area contributed by atoms with Gasteiger partial charge >= 0.3 is 0 Å². The highest BCUT2D eigenvalue weighted by Crippen LogP contribution is 2.32. The largest absolute Gasteiger partial charge is 0.441 e. The number of oxazole rings is 1. The summed E-state index contributed by atoms with van der Waals surface area (Å²) in [5.74, 6) is 1.50. The number of aliphatic hydroxyl groups is 1. The first-order valence-electron chi connectivity index (χ1n) is 11.1. The summed E-state index contributed by atoms with van der Waals surface area (Å²) in [6.45, 7) is 4.27. The lowest BCUT2D eigenvalue weighted by molar-refractivity contribution is -0.0313. The molecule has 1 aliphatic rings. The van der Waals surface area contributed by atoms with Crippen LogP contribution in [0.15, 0.2) is 83.4 Å². The molecule has 5 heteroatoms. The van der Waals surface area contributed by atoms with Crippen molar-refractivity contribution in [2.45, 2.75) is 31.9 Å². The number of rotatable bonds is 5. The van der Waals surface area contributed by atoms with Gasteiger partial charge in [-0.25, -0.2) is 4.98 Å². The van der Waals surface area contributed by atoms with E-state index in [0.29, 0.717) is 18.7 Å².